The van der Waals surface area contributed by atoms with Crippen LogP contribution in [0.4, 0.5) is 5.82 Å². The molecule has 0 saturated heterocycles. The molecule has 0 aromatic carbocycles. The smallest absolute Gasteiger partial charge is 0.233 e. The van der Waals surface area contributed by atoms with Gasteiger partial charge in [-0.3, -0.25) is 4.79 Å². The largest absolute Gasteiger partial charge is 0.384 e. The number of rotatable bonds is 5. The molecule has 1 rings (SSSR count). The first-order valence-electron chi connectivity index (χ1n) is 5.19. The number of anilines is 1. The molecule has 0 spiro atoms. The van der Waals surface area contributed by atoms with Gasteiger partial charge in [0.05, 0.1) is 5.25 Å². The molecular formula is C11H16N4OS. The Balaban J connectivity index is 2.63. The van der Waals surface area contributed by atoms with E-state index < -0.39 is 0 Å². The zero-order chi connectivity index (χ0) is 12.8. The summed E-state index contributed by atoms with van der Waals surface area (Å²) in [4.78, 5) is 19.9. The van der Waals surface area contributed by atoms with Gasteiger partial charge in [-0.05, 0) is 13.8 Å². The monoisotopic (exact) mass is 252 g/mol. The van der Waals surface area contributed by atoms with Gasteiger partial charge in [-0.1, -0.05) is 17.8 Å². The number of amides is 1. The number of nitrogen functional groups attached to an aromatic ring is 1. The van der Waals surface area contributed by atoms with Gasteiger partial charge in [0.25, 0.3) is 0 Å². The molecule has 1 heterocycles. The minimum Gasteiger partial charge on any atom is -0.384 e. The van der Waals surface area contributed by atoms with E-state index in [9.17, 15) is 4.79 Å². The fourth-order valence-corrected chi connectivity index (χ4v) is 2.01. The molecule has 0 radical (unpaired) electrons. The van der Waals surface area contributed by atoms with Gasteiger partial charge in [0.2, 0.25) is 5.91 Å². The standard InChI is InChI=1S/C11H16N4OS/c1-4-5-13-10(16)8(3)17-11-14-7(2)6-9(12)15-11/h4,6,8H,1,5H2,2-3H3,(H,13,16)(H2,12,14,15)/t8-/m0/s1. The third-order valence-corrected chi connectivity index (χ3v) is 2.89. The molecule has 0 unspecified atom stereocenters. The van der Waals surface area contributed by atoms with E-state index in [0.29, 0.717) is 17.5 Å². The maximum absolute atomic E-state index is 11.6. The molecule has 92 valence electrons. The second kappa shape index (κ2) is 6.24. The molecule has 0 aliphatic carbocycles. The van der Waals surface area contributed by atoms with Crippen molar-refractivity contribution in [2.24, 2.45) is 0 Å². The Morgan fingerprint density at radius 3 is 3.00 bits per heavy atom. The molecule has 1 aromatic rings. The third-order valence-electron chi connectivity index (χ3n) is 1.93. The quantitative estimate of drug-likeness (QED) is 0.467. The van der Waals surface area contributed by atoms with Crippen LogP contribution in [0.25, 0.3) is 0 Å². The Labute approximate surface area is 105 Å². The van der Waals surface area contributed by atoms with Crippen molar-refractivity contribution in [2.45, 2.75) is 24.3 Å². The highest BCUT2D eigenvalue weighted by atomic mass is 32.2. The zero-order valence-electron chi connectivity index (χ0n) is 9.93. The maximum Gasteiger partial charge on any atom is 0.233 e. The molecule has 1 amide bonds. The second-order valence-corrected chi connectivity index (χ2v) is 4.82. The topological polar surface area (TPSA) is 80.9 Å². The fraction of sp³-hybridized carbons (Fsp3) is 0.364. The summed E-state index contributed by atoms with van der Waals surface area (Å²) in [6, 6.07) is 1.69. The van der Waals surface area contributed by atoms with Crippen molar-refractivity contribution in [3.63, 3.8) is 0 Å². The number of nitrogens with zero attached hydrogens (tertiary/aromatic N) is 2. The number of carbonyl (C=O) groups is 1. The van der Waals surface area contributed by atoms with Crippen molar-refractivity contribution in [3.05, 3.63) is 24.4 Å². The van der Waals surface area contributed by atoms with E-state index in [1.165, 1.54) is 11.8 Å². The second-order valence-electron chi connectivity index (χ2n) is 3.51. The Bertz CT molecular complexity index is 402. The summed E-state index contributed by atoms with van der Waals surface area (Å²) in [5.74, 6) is 0.345. The van der Waals surface area contributed by atoms with Gasteiger partial charge in [0.15, 0.2) is 5.16 Å². The van der Waals surface area contributed by atoms with Crippen LogP contribution < -0.4 is 11.1 Å². The molecule has 5 nitrogen and oxygen atoms in total. The Morgan fingerprint density at radius 2 is 2.41 bits per heavy atom. The Hall–Kier alpha value is -1.56. The lowest BCUT2D eigenvalue weighted by molar-refractivity contribution is -0.120. The summed E-state index contributed by atoms with van der Waals surface area (Å²) in [6.45, 7) is 7.63. The Morgan fingerprint density at radius 1 is 1.71 bits per heavy atom. The lowest BCUT2D eigenvalue weighted by Crippen LogP contribution is -2.31. The molecule has 6 heteroatoms. The molecule has 0 aliphatic rings. The van der Waals surface area contributed by atoms with E-state index in [4.69, 9.17) is 5.73 Å². The number of thioether (sulfide) groups is 1. The van der Waals surface area contributed by atoms with E-state index in [1.54, 1.807) is 19.1 Å². The highest BCUT2D eigenvalue weighted by Crippen LogP contribution is 2.20. The van der Waals surface area contributed by atoms with Crippen LogP contribution in [0.3, 0.4) is 0 Å². The van der Waals surface area contributed by atoms with E-state index in [-0.39, 0.29) is 11.2 Å². The predicted molar refractivity (Wildman–Crippen MR) is 69.7 cm³/mol. The van der Waals surface area contributed by atoms with Gasteiger partial charge in [-0.25, -0.2) is 9.97 Å². The van der Waals surface area contributed by atoms with Crippen molar-refractivity contribution in [3.8, 4) is 0 Å². The van der Waals surface area contributed by atoms with E-state index >= 15 is 0 Å². The van der Waals surface area contributed by atoms with E-state index in [2.05, 4.69) is 21.9 Å². The maximum atomic E-state index is 11.6. The Kier molecular flexibility index (Phi) is 4.96. The molecule has 0 aliphatic heterocycles. The number of nitrogens with one attached hydrogen (secondary N) is 1. The van der Waals surface area contributed by atoms with E-state index in [0.717, 1.165) is 5.69 Å². The summed E-state index contributed by atoms with van der Waals surface area (Å²) in [5.41, 5.74) is 6.40. The van der Waals surface area contributed by atoms with E-state index in [1.807, 2.05) is 6.92 Å². The van der Waals surface area contributed by atoms with Gasteiger partial charge in [-0.2, -0.15) is 0 Å². The molecule has 3 N–H and O–H groups in total. The molecule has 1 aromatic heterocycles. The molecule has 17 heavy (non-hydrogen) atoms. The summed E-state index contributed by atoms with van der Waals surface area (Å²) >= 11 is 1.28. The van der Waals surface area contributed by atoms with Crippen LogP contribution in [-0.4, -0.2) is 27.7 Å². The molecule has 1 atom stereocenters. The van der Waals surface area contributed by atoms with Crippen LogP contribution >= 0.6 is 11.8 Å². The fourth-order valence-electron chi connectivity index (χ4n) is 1.15. The normalized spacial score (nSPS) is 11.9. The van der Waals surface area contributed by atoms with Crippen molar-refractivity contribution < 1.29 is 4.79 Å². The average Bonchev–Trinajstić information content (AvgIpc) is 2.24. The zero-order valence-corrected chi connectivity index (χ0v) is 10.8. The number of nitrogens with two attached hydrogens (primary N) is 1. The highest BCUT2D eigenvalue weighted by molar-refractivity contribution is 8.00. The van der Waals surface area contributed by atoms with Crippen LogP contribution in [0.2, 0.25) is 0 Å². The SMILES string of the molecule is C=CCNC(=O)[C@H](C)Sc1nc(C)cc(N)n1. The number of hydrogen-bond acceptors (Lipinski definition) is 5. The number of hydrogen-bond donors (Lipinski definition) is 2. The average molecular weight is 252 g/mol. The van der Waals surface area contributed by atoms with Crippen LogP contribution in [0.1, 0.15) is 12.6 Å². The summed E-state index contributed by atoms with van der Waals surface area (Å²) in [5, 5.41) is 2.97. The van der Waals surface area contributed by atoms with Crippen LogP contribution in [0.15, 0.2) is 23.9 Å². The minimum atomic E-state index is -0.267. The first-order chi connectivity index (χ1) is 8.02. The lowest BCUT2D eigenvalue weighted by Gasteiger charge is -2.10. The van der Waals surface area contributed by atoms with Gasteiger partial charge in [-0.15, -0.1) is 6.58 Å². The summed E-state index contributed by atoms with van der Waals surface area (Å²) < 4.78 is 0. The van der Waals surface area contributed by atoms with Crippen molar-refractivity contribution in [1.29, 1.82) is 0 Å². The first kappa shape index (κ1) is 13.5. The predicted octanol–water partition coefficient (Wildman–Crippen LogP) is 1.15. The van der Waals surface area contributed by atoms with Gasteiger partial charge < -0.3 is 11.1 Å². The van der Waals surface area contributed by atoms with Crippen molar-refractivity contribution >= 4 is 23.5 Å². The van der Waals surface area contributed by atoms with Crippen LogP contribution in [0, 0.1) is 6.92 Å². The molecular weight excluding hydrogens is 236 g/mol. The summed E-state index contributed by atoms with van der Waals surface area (Å²) in [6.07, 6.45) is 1.64. The third kappa shape index (κ3) is 4.44. The molecule has 0 fully saturated rings. The van der Waals surface area contributed by atoms with Gasteiger partial charge >= 0.3 is 0 Å². The van der Waals surface area contributed by atoms with Crippen molar-refractivity contribution in [1.82, 2.24) is 15.3 Å². The molecule has 0 bridgehead atoms. The van der Waals surface area contributed by atoms with Crippen LogP contribution in [-0.2, 0) is 4.79 Å². The van der Waals surface area contributed by atoms with Gasteiger partial charge in [0, 0.05) is 18.3 Å². The first-order valence-corrected chi connectivity index (χ1v) is 6.07. The van der Waals surface area contributed by atoms with Crippen molar-refractivity contribution in [2.75, 3.05) is 12.3 Å². The molecule has 0 saturated carbocycles. The number of aryl methyl sites for hydroxylation is 1. The van der Waals surface area contributed by atoms with Gasteiger partial charge in [0.1, 0.15) is 5.82 Å². The summed E-state index contributed by atoms with van der Waals surface area (Å²) in [7, 11) is 0. The van der Waals surface area contributed by atoms with Crippen LogP contribution in [0.5, 0.6) is 0 Å². The number of aromatic nitrogens is 2. The minimum absolute atomic E-state index is 0.0708. The lowest BCUT2D eigenvalue weighted by atomic mass is 10.4. The number of carbonyl (C=O) groups excluding carboxylic acids is 1. The highest BCUT2D eigenvalue weighted by Gasteiger charge is 2.15.